The summed E-state index contributed by atoms with van der Waals surface area (Å²) in [5.74, 6) is 0.918. The van der Waals surface area contributed by atoms with Crippen LogP contribution in [0.1, 0.15) is 0 Å². The van der Waals surface area contributed by atoms with Crippen molar-refractivity contribution in [3.63, 3.8) is 0 Å². The molecule has 2 N–H and O–H groups in total. The van der Waals surface area contributed by atoms with Gasteiger partial charge in [0.05, 0.1) is 16.9 Å². The number of ether oxygens (including phenoxy) is 2. The third-order valence-electron chi connectivity index (χ3n) is 2.47. The number of halogens is 1. The predicted molar refractivity (Wildman–Crippen MR) is 67.0 cm³/mol. The monoisotopic (exact) mass is 301 g/mol. The van der Waals surface area contributed by atoms with E-state index >= 15 is 0 Å². The Kier molecular flexibility index (Phi) is 2.76. The number of nitrogens with zero attached hydrogens (tertiary/aromatic N) is 1. The van der Waals surface area contributed by atoms with Gasteiger partial charge in [-0.1, -0.05) is 11.6 Å². The zero-order valence-corrected chi connectivity index (χ0v) is 11.0. The molecule has 19 heavy (non-hydrogen) atoms. The Hall–Kier alpha value is -1.93. The molecule has 1 aliphatic heterocycles. The van der Waals surface area contributed by atoms with Crippen molar-refractivity contribution in [3.8, 4) is 11.5 Å². The first kappa shape index (κ1) is 12.1. The number of anilines is 1. The summed E-state index contributed by atoms with van der Waals surface area (Å²) in [5.41, 5.74) is 0.209. The smallest absolute Gasteiger partial charge is 0.278 e. The van der Waals surface area contributed by atoms with Crippen LogP contribution in [0.5, 0.6) is 11.5 Å². The molecule has 0 bridgehead atoms. The molecule has 1 aliphatic rings. The van der Waals surface area contributed by atoms with E-state index in [2.05, 4.69) is 14.9 Å². The van der Waals surface area contributed by atoms with E-state index in [1.54, 1.807) is 0 Å². The van der Waals surface area contributed by atoms with Gasteiger partial charge in [-0.15, -0.1) is 0 Å². The number of hydrogen-bond donors (Lipinski definition) is 2. The third-order valence-corrected chi connectivity index (χ3v) is 4.08. The molecule has 100 valence electrons. The van der Waals surface area contributed by atoms with Gasteiger partial charge in [-0.25, -0.2) is 0 Å². The minimum absolute atomic E-state index is 0.0544. The highest BCUT2D eigenvalue weighted by Gasteiger charge is 2.21. The van der Waals surface area contributed by atoms with Gasteiger partial charge in [0.1, 0.15) is 0 Å². The first-order valence-corrected chi connectivity index (χ1v) is 7.04. The summed E-state index contributed by atoms with van der Waals surface area (Å²) in [6.07, 6.45) is 1.34. The van der Waals surface area contributed by atoms with Crippen LogP contribution < -0.4 is 14.2 Å². The average Bonchev–Trinajstić information content (AvgIpc) is 2.98. The molecule has 2 aromatic rings. The Morgan fingerprint density at radius 3 is 2.74 bits per heavy atom. The molecule has 2 heterocycles. The van der Waals surface area contributed by atoms with Gasteiger partial charge in [0.2, 0.25) is 6.79 Å². The number of aromatic amines is 1. The van der Waals surface area contributed by atoms with Crippen LogP contribution in [-0.2, 0) is 10.0 Å². The maximum Gasteiger partial charge on any atom is 0.278 e. The standard InChI is InChI=1S/C10H8ClN3O4S/c11-6-3-8-9(18-5-17-8)4-7(6)14-19(15,16)10-1-2-12-13-10/h1-4,14H,5H2,(H,12,13). The summed E-state index contributed by atoms with van der Waals surface area (Å²) in [6, 6.07) is 4.30. The van der Waals surface area contributed by atoms with Crippen LogP contribution in [0.25, 0.3) is 0 Å². The summed E-state index contributed by atoms with van der Waals surface area (Å²) in [6.45, 7) is 0.0857. The van der Waals surface area contributed by atoms with Crippen LogP contribution >= 0.6 is 11.6 Å². The summed E-state index contributed by atoms with van der Waals surface area (Å²) in [7, 11) is -3.76. The largest absolute Gasteiger partial charge is 0.454 e. The van der Waals surface area contributed by atoms with Gasteiger partial charge in [-0.3, -0.25) is 9.82 Å². The number of hydrogen-bond acceptors (Lipinski definition) is 5. The lowest BCUT2D eigenvalue weighted by atomic mass is 10.3. The second-order valence-corrected chi connectivity index (χ2v) is 5.77. The quantitative estimate of drug-likeness (QED) is 0.898. The lowest BCUT2D eigenvalue weighted by molar-refractivity contribution is 0.174. The average molecular weight is 302 g/mol. The van der Waals surface area contributed by atoms with Crippen molar-refractivity contribution in [2.45, 2.75) is 5.03 Å². The minimum atomic E-state index is -3.76. The fraction of sp³-hybridized carbons (Fsp3) is 0.100. The second-order valence-electron chi connectivity index (χ2n) is 3.71. The van der Waals surface area contributed by atoms with Gasteiger partial charge in [0.15, 0.2) is 16.5 Å². The van der Waals surface area contributed by atoms with Crippen molar-refractivity contribution in [3.05, 3.63) is 29.4 Å². The highest BCUT2D eigenvalue weighted by Crippen LogP contribution is 2.39. The van der Waals surface area contributed by atoms with E-state index in [4.69, 9.17) is 21.1 Å². The zero-order valence-electron chi connectivity index (χ0n) is 9.38. The van der Waals surface area contributed by atoms with Crippen LogP contribution in [0.15, 0.2) is 29.4 Å². The van der Waals surface area contributed by atoms with Crippen molar-refractivity contribution >= 4 is 27.3 Å². The molecule has 0 aliphatic carbocycles. The number of fused-ring (bicyclic) bond motifs is 1. The van der Waals surface area contributed by atoms with E-state index in [0.29, 0.717) is 11.5 Å². The normalized spacial score (nSPS) is 13.5. The number of nitrogens with one attached hydrogen (secondary N) is 2. The number of benzene rings is 1. The van der Waals surface area contributed by atoms with E-state index in [1.807, 2.05) is 0 Å². The van der Waals surface area contributed by atoms with E-state index < -0.39 is 10.0 Å². The number of aromatic nitrogens is 2. The molecule has 9 heteroatoms. The number of H-pyrrole nitrogens is 1. The molecule has 7 nitrogen and oxygen atoms in total. The molecule has 1 aromatic carbocycles. The highest BCUT2D eigenvalue weighted by atomic mass is 35.5. The lowest BCUT2D eigenvalue weighted by Gasteiger charge is -2.09. The van der Waals surface area contributed by atoms with Crippen molar-refractivity contribution in [1.29, 1.82) is 0 Å². The Morgan fingerprint density at radius 2 is 2.05 bits per heavy atom. The third kappa shape index (κ3) is 2.20. The zero-order chi connectivity index (χ0) is 13.5. The SMILES string of the molecule is O=S(=O)(Nc1cc2c(cc1Cl)OCO2)c1ccn[nH]1. The van der Waals surface area contributed by atoms with Crippen LogP contribution in [-0.4, -0.2) is 25.4 Å². The maximum atomic E-state index is 12.0. The lowest BCUT2D eigenvalue weighted by Crippen LogP contribution is -2.13. The molecule has 0 spiro atoms. The first-order chi connectivity index (χ1) is 9.06. The van der Waals surface area contributed by atoms with Crippen molar-refractivity contribution < 1.29 is 17.9 Å². The fourth-order valence-electron chi connectivity index (χ4n) is 1.59. The fourth-order valence-corrected chi connectivity index (χ4v) is 2.83. The Morgan fingerprint density at radius 1 is 1.32 bits per heavy atom. The van der Waals surface area contributed by atoms with E-state index in [9.17, 15) is 8.42 Å². The molecule has 0 unspecified atom stereocenters. The molecular formula is C10H8ClN3O4S. The summed E-state index contributed by atoms with van der Waals surface area (Å²) >= 11 is 5.99. The van der Waals surface area contributed by atoms with Gasteiger partial charge in [-0.05, 0) is 6.07 Å². The molecule has 0 atom stereocenters. The molecule has 0 fully saturated rings. The highest BCUT2D eigenvalue weighted by molar-refractivity contribution is 7.92. The maximum absolute atomic E-state index is 12.0. The van der Waals surface area contributed by atoms with Gasteiger partial charge in [-0.2, -0.15) is 13.5 Å². The molecule has 3 rings (SSSR count). The molecular weight excluding hydrogens is 294 g/mol. The predicted octanol–water partition coefficient (Wildman–Crippen LogP) is 1.59. The Balaban J connectivity index is 1.96. The molecule has 1 aromatic heterocycles. The van der Waals surface area contributed by atoms with Crippen LogP contribution in [0, 0.1) is 0 Å². The summed E-state index contributed by atoms with van der Waals surface area (Å²) in [5, 5.41) is 6.12. The van der Waals surface area contributed by atoms with Crippen molar-refractivity contribution in [2.75, 3.05) is 11.5 Å². The van der Waals surface area contributed by atoms with Gasteiger partial charge >= 0.3 is 0 Å². The van der Waals surface area contributed by atoms with E-state index in [1.165, 1.54) is 24.4 Å². The summed E-state index contributed by atoms with van der Waals surface area (Å²) < 4.78 is 36.7. The number of rotatable bonds is 3. The molecule has 0 amide bonds. The summed E-state index contributed by atoms with van der Waals surface area (Å²) in [4.78, 5) is 0. The molecule has 0 saturated heterocycles. The molecule has 0 saturated carbocycles. The van der Waals surface area contributed by atoms with Gasteiger partial charge in [0.25, 0.3) is 10.0 Å². The number of sulfonamides is 1. The first-order valence-electron chi connectivity index (χ1n) is 5.17. The van der Waals surface area contributed by atoms with Crippen molar-refractivity contribution in [2.24, 2.45) is 0 Å². The Bertz CT molecular complexity index is 715. The van der Waals surface area contributed by atoms with E-state index in [-0.39, 0.29) is 22.5 Å². The van der Waals surface area contributed by atoms with Gasteiger partial charge < -0.3 is 9.47 Å². The Labute approximate surface area is 113 Å². The second kappa shape index (κ2) is 4.32. The minimum Gasteiger partial charge on any atom is -0.454 e. The van der Waals surface area contributed by atoms with Crippen molar-refractivity contribution in [1.82, 2.24) is 10.2 Å². The molecule has 0 radical (unpaired) electrons. The van der Waals surface area contributed by atoms with Crippen LogP contribution in [0.4, 0.5) is 5.69 Å². The van der Waals surface area contributed by atoms with Crippen LogP contribution in [0.3, 0.4) is 0 Å². The van der Waals surface area contributed by atoms with Gasteiger partial charge in [0, 0.05) is 12.1 Å². The topological polar surface area (TPSA) is 93.3 Å². The van der Waals surface area contributed by atoms with Crippen LogP contribution in [0.2, 0.25) is 5.02 Å². The van der Waals surface area contributed by atoms with E-state index in [0.717, 1.165) is 0 Å².